The van der Waals surface area contributed by atoms with Gasteiger partial charge in [-0.1, -0.05) is 0 Å². The first kappa shape index (κ1) is 20.3. The molecule has 2 aliphatic heterocycles. The first-order chi connectivity index (χ1) is 15.4. The topological polar surface area (TPSA) is 83.8 Å². The molecule has 0 bridgehead atoms. The summed E-state index contributed by atoms with van der Waals surface area (Å²) in [6, 6.07) is 7.62. The van der Waals surface area contributed by atoms with Crippen molar-refractivity contribution in [3.63, 3.8) is 0 Å². The van der Waals surface area contributed by atoms with Crippen molar-refractivity contribution < 1.29 is 36.9 Å². The largest absolute Gasteiger partial charge is 0.490 e. The predicted octanol–water partition coefficient (Wildman–Crippen LogP) is 3.63. The SMILES string of the molecule is O=C(Cn1c(C(F)(F)F)nc2cc3c(cc21)OCCO3)Nc1ccc2c(c1)OCCCO2. The zero-order chi connectivity index (χ0) is 22.3. The number of benzene rings is 2. The molecule has 5 rings (SSSR count). The second-order valence-electron chi connectivity index (χ2n) is 7.26. The van der Waals surface area contributed by atoms with Crippen molar-refractivity contribution in [1.82, 2.24) is 9.55 Å². The lowest BCUT2D eigenvalue weighted by Gasteiger charge is -2.18. The van der Waals surface area contributed by atoms with Crippen molar-refractivity contribution in [2.75, 3.05) is 31.7 Å². The summed E-state index contributed by atoms with van der Waals surface area (Å²) in [6.45, 7) is 0.966. The Hall–Kier alpha value is -3.63. The number of imidazole rings is 1. The molecule has 168 valence electrons. The maximum Gasteiger partial charge on any atom is 0.449 e. The fourth-order valence-electron chi connectivity index (χ4n) is 3.62. The second kappa shape index (κ2) is 7.81. The lowest BCUT2D eigenvalue weighted by Crippen LogP contribution is -2.23. The number of nitrogens with zero attached hydrogens (tertiary/aromatic N) is 2. The van der Waals surface area contributed by atoms with Gasteiger partial charge in [-0.25, -0.2) is 4.98 Å². The molecule has 1 aromatic heterocycles. The Bertz CT molecular complexity index is 1190. The number of amides is 1. The third kappa shape index (κ3) is 3.85. The van der Waals surface area contributed by atoms with Gasteiger partial charge in [-0.05, 0) is 12.1 Å². The fraction of sp³-hybridized carbons (Fsp3) is 0.333. The van der Waals surface area contributed by atoms with Crippen molar-refractivity contribution in [2.24, 2.45) is 0 Å². The highest BCUT2D eigenvalue weighted by molar-refractivity contribution is 5.92. The molecule has 2 aromatic carbocycles. The predicted molar refractivity (Wildman–Crippen MR) is 106 cm³/mol. The van der Waals surface area contributed by atoms with Crippen LogP contribution in [-0.4, -0.2) is 41.9 Å². The Kier molecular flexibility index (Phi) is 4.95. The van der Waals surface area contributed by atoms with Crippen molar-refractivity contribution in [1.29, 1.82) is 0 Å². The van der Waals surface area contributed by atoms with E-state index in [-0.39, 0.29) is 17.6 Å². The van der Waals surface area contributed by atoms with Crippen LogP contribution in [0, 0.1) is 0 Å². The van der Waals surface area contributed by atoms with Gasteiger partial charge in [0.05, 0.1) is 24.2 Å². The number of rotatable bonds is 3. The number of carbonyl (C=O) groups is 1. The molecule has 0 aliphatic carbocycles. The molecule has 2 aliphatic rings. The summed E-state index contributed by atoms with van der Waals surface area (Å²) >= 11 is 0. The number of hydrogen-bond donors (Lipinski definition) is 1. The number of fused-ring (bicyclic) bond motifs is 3. The standard InChI is InChI=1S/C21H18F3N3O5/c22-21(23,24)20-26-13-9-17-18(32-7-6-31-17)10-14(13)27(20)11-19(28)25-12-2-3-15-16(8-12)30-5-1-4-29-15/h2-3,8-10H,1,4-7,11H2,(H,25,28). The quantitative estimate of drug-likeness (QED) is 0.658. The van der Waals surface area contributed by atoms with Crippen LogP contribution in [0.3, 0.4) is 0 Å². The molecule has 1 N–H and O–H groups in total. The molecule has 0 radical (unpaired) electrons. The number of anilines is 1. The molecule has 0 spiro atoms. The highest BCUT2D eigenvalue weighted by atomic mass is 19.4. The molecule has 0 fully saturated rings. The van der Waals surface area contributed by atoms with Crippen LogP contribution in [-0.2, 0) is 17.5 Å². The van der Waals surface area contributed by atoms with Gasteiger partial charge < -0.3 is 28.8 Å². The minimum Gasteiger partial charge on any atom is -0.490 e. The Morgan fingerprint density at radius 3 is 2.34 bits per heavy atom. The van der Waals surface area contributed by atoms with Gasteiger partial charge in [0.1, 0.15) is 19.8 Å². The van der Waals surface area contributed by atoms with Gasteiger partial charge in [0.2, 0.25) is 11.7 Å². The van der Waals surface area contributed by atoms with E-state index >= 15 is 0 Å². The van der Waals surface area contributed by atoms with Crippen LogP contribution in [0.4, 0.5) is 18.9 Å². The molecule has 1 amide bonds. The summed E-state index contributed by atoms with van der Waals surface area (Å²) in [5, 5.41) is 2.61. The molecule has 3 heterocycles. The van der Waals surface area contributed by atoms with E-state index in [1.54, 1.807) is 18.2 Å². The second-order valence-corrected chi connectivity index (χ2v) is 7.26. The molecule has 8 nitrogen and oxygen atoms in total. The minimum atomic E-state index is -4.75. The molecular weight excluding hydrogens is 431 g/mol. The Balaban J connectivity index is 1.45. The van der Waals surface area contributed by atoms with E-state index in [4.69, 9.17) is 18.9 Å². The number of aromatic nitrogens is 2. The molecule has 11 heteroatoms. The monoisotopic (exact) mass is 449 g/mol. The number of halogens is 3. The van der Waals surface area contributed by atoms with Gasteiger partial charge in [0.15, 0.2) is 23.0 Å². The van der Waals surface area contributed by atoms with Crippen LogP contribution in [0.5, 0.6) is 23.0 Å². The van der Waals surface area contributed by atoms with E-state index < -0.39 is 24.5 Å². The first-order valence-corrected chi connectivity index (χ1v) is 9.95. The minimum absolute atomic E-state index is 0.0601. The Labute approximate surface area is 179 Å². The average molecular weight is 449 g/mol. The van der Waals surface area contributed by atoms with E-state index in [2.05, 4.69) is 10.3 Å². The summed E-state index contributed by atoms with van der Waals surface area (Å²) in [5.74, 6) is -0.191. The van der Waals surface area contributed by atoms with E-state index in [1.165, 1.54) is 12.1 Å². The van der Waals surface area contributed by atoms with Crippen LogP contribution in [0.1, 0.15) is 12.2 Å². The van der Waals surface area contributed by atoms with Crippen LogP contribution in [0.15, 0.2) is 30.3 Å². The molecule has 0 unspecified atom stereocenters. The number of ether oxygens (including phenoxy) is 4. The van der Waals surface area contributed by atoms with Gasteiger partial charge >= 0.3 is 6.18 Å². The Morgan fingerprint density at radius 2 is 1.59 bits per heavy atom. The van der Waals surface area contributed by atoms with Gasteiger partial charge in [-0.2, -0.15) is 13.2 Å². The number of hydrogen-bond acceptors (Lipinski definition) is 6. The van der Waals surface area contributed by atoms with E-state index in [9.17, 15) is 18.0 Å². The smallest absolute Gasteiger partial charge is 0.449 e. The summed E-state index contributed by atoms with van der Waals surface area (Å²) in [7, 11) is 0. The first-order valence-electron chi connectivity index (χ1n) is 9.95. The molecule has 0 saturated carbocycles. The van der Waals surface area contributed by atoms with Crippen LogP contribution < -0.4 is 24.3 Å². The highest BCUT2D eigenvalue weighted by Gasteiger charge is 2.38. The van der Waals surface area contributed by atoms with E-state index in [1.807, 2.05) is 0 Å². The van der Waals surface area contributed by atoms with Crippen LogP contribution in [0.25, 0.3) is 11.0 Å². The lowest BCUT2D eigenvalue weighted by molar-refractivity contribution is -0.147. The van der Waals surface area contributed by atoms with Gasteiger partial charge in [-0.3, -0.25) is 4.79 Å². The highest BCUT2D eigenvalue weighted by Crippen LogP contribution is 2.38. The average Bonchev–Trinajstić information content (AvgIpc) is 2.94. The maximum absolute atomic E-state index is 13.7. The molecule has 3 aromatic rings. The molecule has 0 saturated heterocycles. The van der Waals surface area contributed by atoms with Crippen molar-refractivity contribution in [2.45, 2.75) is 19.1 Å². The number of nitrogens with one attached hydrogen (secondary N) is 1. The zero-order valence-electron chi connectivity index (χ0n) is 16.7. The molecular formula is C21H18F3N3O5. The summed E-state index contributed by atoms with van der Waals surface area (Å²) in [5.41, 5.74) is 0.562. The van der Waals surface area contributed by atoms with Crippen LogP contribution >= 0.6 is 0 Å². The Morgan fingerprint density at radius 1 is 0.938 bits per heavy atom. The van der Waals surface area contributed by atoms with Crippen molar-refractivity contribution >= 4 is 22.6 Å². The normalized spacial score (nSPS) is 15.3. The third-order valence-electron chi connectivity index (χ3n) is 5.00. The fourth-order valence-corrected chi connectivity index (χ4v) is 3.62. The van der Waals surface area contributed by atoms with Crippen molar-refractivity contribution in [3.05, 3.63) is 36.2 Å². The zero-order valence-corrected chi connectivity index (χ0v) is 16.7. The van der Waals surface area contributed by atoms with E-state index in [0.717, 1.165) is 11.0 Å². The number of alkyl halides is 3. The van der Waals surface area contributed by atoms with Gasteiger partial charge in [-0.15, -0.1) is 0 Å². The van der Waals surface area contributed by atoms with Gasteiger partial charge in [0.25, 0.3) is 0 Å². The maximum atomic E-state index is 13.7. The molecule has 32 heavy (non-hydrogen) atoms. The van der Waals surface area contributed by atoms with Crippen molar-refractivity contribution in [3.8, 4) is 23.0 Å². The van der Waals surface area contributed by atoms with Gasteiger partial charge in [0, 0.05) is 30.3 Å². The van der Waals surface area contributed by atoms with E-state index in [0.29, 0.717) is 48.5 Å². The van der Waals surface area contributed by atoms with Crippen LogP contribution in [0.2, 0.25) is 0 Å². The summed E-state index contributed by atoms with van der Waals surface area (Å²) in [6.07, 6.45) is -4.03. The number of carbonyl (C=O) groups excluding carboxylic acids is 1. The lowest BCUT2D eigenvalue weighted by atomic mass is 10.2. The summed E-state index contributed by atoms with van der Waals surface area (Å²) < 4.78 is 63.8. The molecule has 0 atom stereocenters. The summed E-state index contributed by atoms with van der Waals surface area (Å²) in [4.78, 5) is 16.4. The third-order valence-corrected chi connectivity index (χ3v) is 5.00.